The largest absolute Gasteiger partial charge is 0.356 e. The van der Waals surface area contributed by atoms with Crippen LogP contribution in [0, 0.1) is 5.92 Å². The Hall–Kier alpha value is -1.31. The van der Waals surface area contributed by atoms with Gasteiger partial charge in [0.1, 0.15) is 0 Å². The van der Waals surface area contributed by atoms with Crippen molar-refractivity contribution in [2.75, 3.05) is 6.54 Å². The molecule has 2 nitrogen and oxygen atoms in total. The monoisotopic (exact) mass is 233 g/mol. The third-order valence-electron chi connectivity index (χ3n) is 2.94. The van der Waals surface area contributed by atoms with Crippen LogP contribution in [0.15, 0.2) is 30.3 Å². The highest BCUT2D eigenvalue weighted by Gasteiger charge is 2.11. The summed E-state index contributed by atoms with van der Waals surface area (Å²) >= 11 is 0. The van der Waals surface area contributed by atoms with E-state index < -0.39 is 0 Å². The van der Waals surface area contributed by atoms with Crippen LogP contribution in [0.1, 0.15) is 38.7 Å². The van der Waals surface area contributed by atoms with E-state index in [-0.39, 0.29) is 11.8 Å². The van der Waals surface area contributed by atoms with Crippen molar-refractivity contribution in [2.24, 2.45) is 5.92 Å². The number of amides is 1. The second-order valence-electron chi connectivity index (χ2n) is 4.57. The van der Waals surface area contributed by atoms with Gasteiger partial charge in [0.05, 0.1) is 0 Å². The average molecular weight is 233 g/mol. The zero-order chi connectivity index (χ0) is 12.5. The Labute approximate surface area is 104 Å². The first-order valence-corrected chi connectivity index (χ1v) is 6.55. The Bertz CT molecular complexity index is 321. The first-order chi connectivity index (χ1) is 8.24. The van der Waals surface area contributed by atoms with Crippen LogP contribution < -0.4 is 5.32 Å². The van der Waals surface area contributed by atoms with Crippen molar-refractivity contribution in [1.29, 1.82) is 0 Å². The number of hydrogen-bond acceptors (Lipinski definition) is 1. The van der Waals surface area contributed by atoms with Crippen LogP contribution in [0.2, 0.25) is 0 Å². The number of rotatable bonds is 7. The van der Waals surface area contributed by atoms with Crippen LogP contribution >= 0.6 is 0 Å². The molecule has 1 aromatic rings. The summed E-state index contributed by atoms with van der Waals surface area (Å²) in [6, 6.07) is 10.4. The maximum absolute atomic E-state index is 11.6. The number of aryl methyl sites for hydroxylation is 1. The van der Waals surface area contributed by atoms with Gasteiger partial charge < -0.3 is 5.32 Å². The topological polar surface area (TPSA) is 29.1 Å². The lowest BCUT2D eigenvalue weighted by Crippen LogP contribution is -2.29. The van der Waals surface area contributed by atoms with Gasteiger partial charge in [-0.1, -0.05) is 44.2 Å². The smallest absolute Gasteiger partial charge is 0.222 e. The lowest BCUT2D eigenvalue weighted by Gasteiger charge is -2.11. The summed E-state index contributed by atoms with van der Waals surface area (Å²) in [5, 5.41) is 2.94. The minimum absolute atomic E-state index is 0.130. The summed E-state index contributed by atoms with van der Waals surface area (Å²) in [4.78, 5) is 11.6. The van der Waals surface area contributed by atoms with Crippen molar-refractivity contribution >= 4 is 5.91 Å². The summed E-state index contributed by atoms with van der Waals surface area (Å²) in [5.74, 6) is 0.324. The predicted molar refractivity (Wildman–Crippen MR) is 71.8 cm³/mol. The summed E-state index contributed by atoms with van der Waals surface area (Å²) in [6.45, 7) is 4.87. The molecular weight excluding hydrogens is 210 g/mol. The maximum Gasteiger partial charge on any atom is 0.222 e. The molecule has 0 saturated carbocycles. The number of benzene rings is 1. The molecule has 0 aliphatic heterocycles. The second kappa shape index (κ2) is 7.88. The summed E-state index contributed by atoms with van der Waals surface area (Å²) in [5.41, 5.74) is 1.36. The van der Waals surface area contributed by atoms with Gasteiger partial charge in [0, 0.05) is 12.5 Å². The molecule has 94 valence electrons. The lowest BCUT2D eigenvalue weighted by atomic mass is 10.0. The van der Waals surface area contributed by atoms with Gasteiger partial charge in [-0.25, -0.2) is 0 Å². The van der Waals surface area contributed by atoms with Crippen molar-refractivity contribution < 1.29 is 4.79 Å². The highest BCUT2D eigenvalue weighted by molar-refractivity contribution is 5.78. The molecule has 1 N–H and O–H groups in total. The van der Waals surface area contributed by atoms with Gasteiger partial charge in [0.2, 0.25) is 5.91 Å². The highest BCUT2D eigenvalue weighted by Crippen LogP contribution is 2.10. The molecule has 1 atom stereocenters. The molecule has 0 saturated heterocycles. The van der Waals surface area contributed by atoms with E-state index in [1.54, 1.807) is 0 Å². The molecule has 0 aromatic heterocycles. The molecule has 0 unspecified atom stereocenters. The molecule has 1 amide bonds. The van der Waals surface area contributed by atoms with E-state index in [1.165, 1.54) is 5.56 Å². The van der Waals surface area contributed by atoms with Crippen LogP contribution in [0.4, 0.5) is 0 Å². The molecule has 0 aliphatic carbocycles. The van der Waals surface area contributed by atoms with Crippen LogP contribution in [0.25, 0.3) is 0 Å². The number of carbonyl (C=O) groups excluding carboxylic acids is 1. The van der Waals surface area contributed by atoms with Crippen LogP contribution in [0.3, 0.4) is 0 Å². The second-order valence-corrected chi connectivity index (χ2v) is 4.57. The van der Waals surface area contributed by atoms with E-state index in [0.29, 0.717) is 0 Å². The Balaban J connectivity index is 2.20. The Morgan fingerprint density at radius 2 is 2.00 bits per heavy atom. The molecule has 1 aromatic carbocycles. The average Bonchev–Trinajstić information content (AvgIpc) is 2.37. The number of hydrogen-bond donors (Lipinski definition) is 1. The molecule has 0 heterocycles. The molecule has 0 aliphatic rings. The van der Waals surface area contributed by atoms with Crippen LogP contribution in [-0.4, -0.2) is 12.5 Å². The van der Waals surface area contributed by atoms with Gasteiger partial charge in [0.25, 0.3) is 0 Å². The molecule has 1 rings (SSSR count). The zero-order valence-electron chi connectivity index (χ0n) is 10.9. The first kappa shape index (κ1) is 13.8. The first-order valence-electron chi connectivity index (χ1n) is 6.55. The predicted octanol–water partition coefficient (Wildman–Crippen LogP) is 3.17. The van der Waals surface area contributed by atoms with Crippen molar-refractivity contribution in [3.05, 3.63) is 35.9 Å². The Kier molecular flexibility index (Phi) is 6.38. The SMILES string of the molecule is CCCNC(=O)[C@H](C)CCCc1ccccc1. The van der Waals surface area contributed by atoms with E-state index in [2.05, 4.69) is 36.5 Å². The van der Waals surface area contributed by atoms with Gasteiger partial charge in [-0.05, 0) is 31.2 Å². The number of carbonyl (C=O) groups is 1. The number of nitrogens with one attached hydrogen (secondary N) is 1. The quantitative estimate of drug-likeness (QED) is 0.770. The van der Waals surface area contributed by atoms with E-state index >= 15 is 0 Å². The molecule has 0 bridgehead atoms. The molecule has 2 heteroatoms. The Morgan fingerprint density at radius 1 is 1.29 bits per heavy atom. The van der Waals surface area contributed by atoms with Crippen LogP contribution in [0.5, 0.6) is 0 Å². The fourth-order valence-electron chi connectivity index (χ4n) is 1.81. The zero-order valence-corrected chi connectivity index (χ0v) is 10.9. The normalized spacial score (nSPS) is 12.1. The maximum atomic E-state index is 11.6. The van der Waals surface area contributed by atoms with Crippen molar-refractivity contribution in [1.82, 2.24) is 5.32 Å². The van der Waals surface area contributed by atoms with Gasteiger partial charge in [-0.3, -0.25) is 4.79 Å². The molecule has 17 heavy (non-hydrogen) atoms. The van der Waals surface area contributed by atoms with Crippen molar-refractivity contribution in [3.8, 4) is 0 Å². The minimum atomic E-state index is 0.130. The van der Waals surface area contributed by atoms with Gasteiger partial charge in [-0.2, -0.15) is 0 Å². The summed E-state index contributed by atoms with van der Waals surface area (Å²) in [6.07, 6.45) is 4.10. The standard InChI is InChI=1S/C15H23NO/c1-3-12-16-15(17)13(2)8-7-11-14-9-5-4-6-10-14/h4-6,9-10,13H,3,7-8,11-12H2,1-2H3,(H,16,17)/t13-/m1/s1. The fourth-order valence-corrected chi connectivity index (χ4v) is 1.81. The molecule has 0 spiro atoms. The summed E-state index contributed by atoms with van der Waals surface area (Å²) in [7, 11) is 0. The third-order valence-corrected chi connectivity index (χ3v) is 2.94. The van der Waals surface area contributed by atoms with E-state index in [4.69, 9.17) is 0 Å². The fraction of sp³-hybridized carbons (Fsp3) is 0.533. The van der Waals surface area contributed by atoms with Crippen molar-refractivity contribution in [2.45, 2.75) is 39.5 Å². The van der Waals surface area contributed by atoms with Gasteiger partial charge >= 0.3 is 0 Å². The van der Waals surface area contributed by atoms with Gasteiger partial charge in [0.15, 0.2) is 0 Å². The molecule has 0 fully saturated rings. The molecular formula is C15H23NO. The summed E-state index contributed by atoms with van der Waals surface area (Å²) < 4.78 is 0. The third kappa shape index (κ3) is 5.53. The van der Waals surface area contributed by atoms with E-state index in [1.807, 2.05) is 13.0 Å². The van der Waals surface area contributed by atoms with E-state index in [0.717, 1.165) is 32.2 Å². The minimum Gasteiger partial charge on any atom is -0.356 e. The molecule has 0 radical (unpaired) electrons. The lowest BCUT2D eigenvalue weighted by molar-refractivity contribution is -0.124. The Morgan fingerprint density at radius 3 is 2.65 bits per heavy atom. The highest BCUT2D eigenvalue weighted by atomic mass is 16.1. The van der Waals surface area contributed by atoms with Gasteiger partial charge in [-0.15, -0.1) is 0 Å². The van der Waals surface area contributed by atoms with Crippen LogP contribution in [-0.2, 0) is 11.2 Å². The van der Waals surface area contributed by atoms with Crippen molar-refractivity contribution in [3.63, 3.8) is 0 Å². The van der Waals surface area contributed by atoms with E-state index in [9.17, 15) is 4.79 Å².